The molecule has 132 valence electrons. The van der Waals surface area contributed by atoms with Gasteiger partial charge in [-0.25, -0.2) is 0 Å². The summed E-state index contributed by atoms with van der Waals surface area (Å²) in [6, 6.07) is 6.78. The van der Waals surface area contributed by atoms with Crippen LogP contribution in [0.1, 0.15) is 51.2 Å². The summed E-state index contributed by atoms with van der Waals surface area (Å²) in [5, 5.41) is 0. The maximum absolute atomic E-state index is 5.84. The van der Waals surface area contributed by atoms with Crippen molar-refractivity contribution in [3.8, 4) is 5.75 Å². The Kier molecular flexibility index (Phi) is 7.18. The van der Waals surface area contributed by atoms with Crippen LogP contribution in [0.3, 0.4) is 0 Å². The fourth-order valence-electron chi connectivity index (χ4n) is 3.67. The molecule has 1 aromatic rings. The molecule has 1 aliphatic heterocycles. The molecule has 1 fully saturated rings. The maximum Gasteiger partial charge on any atom is 0.182 e. The lowest BCUT2D eigenvalue weighted by molar-refractivity contribution is 0.184. The number of hydrogen-bond acceptors (Lipinski definition) is 3. The van der Waals surface area contributed by atoms with Gasteiger partial charge in [0.05, 0.1) is 7.11 Å². The molecule has 4 heteroatoms. The van der Waals surface area contributed by atoms with E-state index in [1.165, 1.54) is 30.4 Å². The third kappa shape index (κ3) is 5.25. The molecule has 1 unspecified atom stereocenters. The van der Waals surface area contributed by atoms with Crippen molar-refractivity contribution < 1.29 is 4.74 Å². The molecular formula is C20H33BN2O. The average molecular weight is 328 g/mol. The molecule has 1 atom stereocenters. The largest absolute Gasteiger partial charge is 0.496 e. The van der Waals surface area contributed by atoms with E-state index >= 15 is 0 Å². The third-order valence-electron chi connectivity index (χ3n) is 5.49. The highest BCUT2D eigenvalue weighted by atomic mass is 16.5. The van der Waals surface area contributed by atoms with Crippen molar-refractivity contribution in [1.29, 1.82) is 0 Å². The first-order valence-electron chi connectivity index (χ1n) is 9.37. The SMILES string of the molecule is [B]N1CCN(Cc2ccc(CC(C)(CC)CCC)c(OC)c2)CC1. The van der Waals surface area contributed by atoms with E-state index in [1.54, 1.807) is 7.11 Å². The second-order valence-corrected chi connectivity index (χ2v) is 7.55. The quantitative estimate of drug-likeness (QED) is 0.678. The predicted molar refractivity (Wildman–Crippen MR) is 103 cm³/mol. The smallest absolute Gasteiger partial charge is 0.182 e. The molecule has 2 radical (unpaired) electrons. The first kappa shape index (κ1) is 19.3. The minimum Gasteiger partial charge on any atom is -0.496 e. The second-order valence-electron chi connectivity index (χ2n) is 7.55. The first-order valence-corrected chi connectivity index (χ1v) is 9.37. The van der Waals surface area contributed by atoms with E-state index in [2.05, 4.69) is 43.9 Å². The molecule has 2 rings (SSSR count). The molecule has 0 aliphatic carbocycles. The van der Waals surface area contributed by atoms with Crippen molar-refractivity contribution in [3.63, 3.8) is 0 Å². The van der Waals surface area contributed by atoms with Crippen molar-refractivity contribution in [2.24, 2.45) is 5.41 Å². The molecule has 0 saturated carbocycles. The summed E-state index contributed by atoms with van der Waals surface area (Å²) in [6.45, 7) is 11.9. The summed E-state index contributed by atoms with van der Waals surface area (Å²) in [5.41, 5.74) is 3.03. The van der Waals surface area contributed by atoms with Crippen molar-refractivity contribution in [1.82, 2.24) is 9.71 Å². The number of nitrogens with zero attached hydrogens (tertiary/aromatic N) is 2. The molecule has 0 amide bonds. The third-order valence-corrected chi connectivity index (χ3v) is 5.49. The van der Waals surface area contributed by atoms with Crippen molar-refractivity contribution in [2.75, 3.05) is 33.3 Å². The Hall–Kier alpha value is -0.995. The second kappa shape index (κ2) is 8.91. The molecule has 0 aromatic heterocycles. The van der Waals surface area contributed by atoms with Gasteiger partial charge in [0.2, 0.25) is 0 Å². The van der Waals surface area contributed by atoms with E-state index in [9.17, 15) is 0 Å². The average Bonchev–Trinajstić information content (AvgIpc) is 2.58. The molecule has 1 aliphatic rings. The molecule has 3 nitrogen and oxygen atoms in total. The van der Waals surface area contributed by atoms with E-state index in [0.717, 1.165) is 44.9 Å². The number of benzene rings is 1. The van der Waals surface area contributed by atoms with Gasteiger partial charge in [-0.3, -0.25) is 4.90 Å². The van der Waals surface area contributed by atoms with Gasteiger partial charge in [-0.05, 0) is 48.5 Å². The maximum atomic E-state index is 5.84. The van der Waals surface area contributed by atoms with E-state index in [4.69, 9.17) is 12.7 Å². The van der Waals surface area contributed by atoms with Gasteiger partial charge in [0.1, 0.15) is 5.75 Å². The van der Waals surface area contributed by atoms with Crippen LogP contribution < -0.4 is 4.74 Å². The van der Waals surface area contributed by atoms with Gasteiger partial charge in [-0.2, -0.15) is 0 Å². The summed E-state index contributed by atoms with van der Waals surface area (Å²) < 4.78 is 5.71. The predicted octanol–water partition coefficient (Wildman–Crippen LogP) is 3.66. The number of rotatable bonds is 8. The van der Waals surface area contributed by atoms with Crippen molar-refractivity contribution >= 4 is 7.98 Å². The van der Waals surface area contributed by atoms with Gasteiger partial charge >= 0.3 is 0 Å². The van der Waals surface area contributed by atoms with E-state index in [-0.39, 0.29) is 0 Å². The normalized spacial score (nSPS) is 19.2. The summed E-state index contributed by atoms with van der Waals surface area (Å²) in [6.07, 6.45) is 4.79. The first-order chi connectivity index (χ1) is 11.5. The van der Waals surface area contributed by atoms with E-state index in [1.807, 2.05) is 4.81 Å². The minimum atomic E-state index is 0.362. The Labute approximate surface area is 149 Å². The Bertz CT molecular complexity index is 514. The lowest BCUT2D eigenvalue weighted by Crippen LogP contribution is -2.44. The van der Waals surface area contributed by atoms with Crippen LogP contribution in [0.5, 0.6) is 5.75 Å². The van der Waals surface area contributed by atoms with Gasteiger partial charge in [-0.1, -0.05) is 45.7 Å². The van der Waals surface area contributed by atoms with Crippen LogP contribution in [0, 0.1) is 5.41 Å². The van der Waals surface area contributed by atoms with Crippen molar-refractivity contribution in [2.45, 2.75) is 53.0 Å². The number of methoxy groups -OCH3 is 1. The molecule has 0 bridgehead atoms. The molecule has 1 aromatic carbocycles. The Morgan fingerprint density at radius 1 is 1.17 bits per heavy atom. The summed E-state index contributed by atoms with van der Waals surface area (Å²) in [7, 11) is 7.63. The molecule has 0 spiro atoms. The van der Waals surface area contributed by atoms with Gasteiger partial charge < -0.3 is 9.55 Å². The molecule has 1 heterocycles. The van der Waals surface area contributed by atoms with Crippen LogP contribution in [-0.4, -0.2) is 51.0 Å². The summed E-state index contributed by atoms with van der Waals surface area (Å²) in [4.78, 5) is 4.37. The van der Waals surface area contributed by atoms with Crippen LogP contribution in [0.15, 0.2) is 18.2 Å². The van der Waals surface area contributed by atoms with Crippen LogP contribution >= 0.6 is 0 Å². The van der Waals surface area contributed by atoms with Gasteiger partial charge in [0.25, 0.3) is 0 Å². The topological polar surface area (TPSA) is 15.7 Å². The number of piperazine rings is 1. The highest BCUT2D eigenvalue weighted by Gasteiger charge is 2.23. The van der Waals surface area contributed by atoms with Crippen LogP contribution in [0.25, 0.3) is 0 Å². The molecule has 24 heavy (non-hydrogen) atoms. The zero-order chi connectivity index (χ0) is 17.6. The fraction of sp³-hybridized carbons (Fsp3) is 0.700. The van der Waals surface area contributed by atoms with Gasteiger partial charge in [0, 0.05) is 19.6 Å². The van der Waals surface area contributed by atoms with Crippen LogP contribution in [0.4, 0.5) is 0 Å². The molecule has 1 saturated heterocycles. The number of ether oxygens (including phenoxy) is 1. The highest BCUT2D eigenvalue weighted by Crippen LogP contribution is 2.35. The molecule has 0 N–H and O–H groups in total. The Morgan fingerprint density at radius 3 is 2.46 bits per heavy atom. The zero-order valence-corrected chi connectivity index (χ0v) is 16.0. The summed E-state index contributed by atoms with van der Waals surface area (Å²) >= 11 is 0. The lowest BCUT2D eigenvalue weighted by atomic mass is 9.77. The molecular weight excluding hydrogens is 295 g/mol. The Balaban J connectivity index is 2.06. The van der Waals surface area contributed by atoms with Gasteiger partial charge in [-0.15, -0.1) is 0 Å². The van der Waals surface area contributed by atoms with Crippen LogP contribution in [-0.2, 0) is 13.0 Å². The zero-order valence-electron chi connectivity index (χ0n) is 16.0. The number of hydrogen-bond donors (Lipinski definition) is 0. The lowest BCUT2D eigenvalue weighted by Gasteiger charge is -2.33. The highest BCUT2D eigenvalue weighted by molar-refractivity contribution is 6.04. The standard InChI is InChI=1S/C20H33BN2O/c1-5-9-20(3,6-2)15-18-8-7-17(14-19(18)24-4)16-22-10-12-23(21)13-11-22/h7-8,14H,5-6,9-13,15-16H2,1-4H3. The Morgan fingerprint density at radius 2 is 1.88 bits per heavy atom. The monoisotopic (exact) mass is 328 g/mol. The van der Waals surface area contributed by atoms with Crippen molar-refractivity contribution in [3.05, 3.63) is 29.3 Å². The van der Waals surface area contributed by atoms with E-state index in [0.29, 0.717) is 5.41 Å². The minimum absolute atomic E-state index is 0.362. The summed E-state index contributed by atoms with van der Waals surface area (Å²) in [5.74, 6) is 1.04. The fourth-order valence-corrected chi connectivity index (χ4v) is 3.67. The van der Waals surface area contributed by atoms with Gasteiger partial charge in [0.15, 0.2) is 7.98 Å². The van der Waals surface area contributed by atoms with E-state index < -0.39 is 0 Å². The van der Waals surface area contributed by atoms with Crippen LogP contribution in [0.2, 0.25) is 0 Å².